The number of benzene rings is 8. The number of hydrogen-bond donors (Lipinski definition) is 0. The van der Waals surface area contributed by atoms with Crippen LogP contribution in [0.25, 0.3) is 27.8 Å². The van der Waals surface area contributed by atoms with Crippen molar-refractivity contribution < 1.29 is 0 Å². The Morgan fingerprint density at radius 3 is 1.49 bits per heavy atom. The Bertz CT molecular complexity index is 2740. The molecule has 0 aliphatic heterocycles. The summed E-state index contributed by atoms with van der Waals surface area (Å²) in [6.45, 7) is 4.38. The summed E-state index contributed by atoms with van der Waals surface area (Å²) in [6, 6.07) is 76.0. The quantitative estimate of drug-likeness (QED) is 0.141. The van der Waals surface area contributed by atoms with Crippen LogP contribution in [0.15, 0.2) is 224 Å². The summed E-state index contributed by atoms with van der Waals surface area (Å²) in [4.78, 5) is 2.46. The van der Waals surface area contributed by atoms with Crippen LogP contribution in [-0.4, -0.2) is 0 Å². The topological polar surface area (TPSA) is 3.24 Å². The SMILES string of the molecule is C/C=C/C1(c2ccccc2)C=C(C)c2ccc(N(c3ccc(-c4ccccc4)cc3)c3ccc4c(c3)C(c3ccccc3)(c3ccccc3)c3ccccc3-4)cc21. The lowest BCUT2D eigenvalue weighted by Crippen LogP contribution is -2.28. The molecular formula is C56H43N. The van der Waals surface area contributed by atoms with E-state index in [1.807, 2.05) is 0 Å². The third-order valence-corrected chi connectivity index (χ3v) is 12.2. The molecule has 0 fully saturated rings. The van der Waals surface area contributed by atoms with Crippen LogP contribution in [0.1, 0.15) is 52.8 Å². The lowest BCUT2D eigenvalue weighted by Gasteiger charge is -2.35. The Balaban J connectivity index is 1.22. The van der Waals surface area contributed by atoms with Crippen molar-refractivity contribution in [3.05, 3.63) is 263 Å². The fourth-order valence-electron chi connectivity index (χ4n) is 9.76. The van der Waals surface area contributed by atoms with Crippen LogP contribution < -0.4 is 4.90 Å². The third-order valence-electron chi connectivity index (χ3n) is 12.2. The van der Waals surface area contributed by atoms with Crippen molar-refractivity contribution >= 4 is 22.6 Å². The van der Waals surface area contributed by atoms with E-state index in [9.17, 15) is 0 Å². The van der Waals surface area contributed by atoms with Crippen LogP contribution in [0.3, 0.4) is 0 Å². The Labute approximate surface area is 336 Å². The first-order valence-electron chi connectivity index (χ1n) is 20.0. The number of rotatable bonds is 8. The summed E-state index contributed by atoms with van der Waals surface area (Å²) in [5.74, 6) is 0. The Hall–Kier alpha value is -6.96. The molecule has 0 radical (unpaired) electrons. The van der Waals surface area contributed by atoms with E-state index >= 15 is 0 Å². The normalized spacial score (nSPS) is 16.1. The van der Waals surface area contributed by atoms with Crippen LogP contribution >= 0.6 is 0 Å². The summed E-state index contributed by atoms with van der Waals surface area (Å²) in [5, 5.41) is 0. The number of allylic oxidation sites excluding steroid dienone is 4. The predicted molar refractivity (Wildman–Crippen MR) is 240 cm³/mol. The van der Waals surface area contributed by atoms with Gasteiger partial charge in [0.2, 0.25) is 0 Å². The highest BCUT2D eigenvalue weighted by Gasteiger charge is 2.46. The Morgan fingerprint density at radius 1 is 0.404 bits per heavy atom. The summed E-state index contributed by atoms with van der Waals surface area (Å²) in [5.41, 5.74) is 17.7. The van der Waals surface area contributed by atoms with E-state index in [1.165, 1.54) is 66.8 Å². The van der Waals surface area contributed by atoms with E-state index in [4.69, 9.17) is 0 Å². The lowest BCUT2D eigenvalue weighted by atomic mass is 9.67. The summed E-state index contributed by atoms with van der Waals surface area (Å²) < 4.78 is 0. The average molecular weight is 730 g/mol. The minimum atomic E-state index is -0.499. The van der Waals surface area contributed by atoms with E-state index in [-0.39, 0.29) is 5.41 Å². The molecule has 1 atom stereocenters. The summed E-state index contributed by atoms with van der Waals surface area (Å²) in [6.07, 6.45) is 7.00. The number of nitrogens with zero attached hydrogens (tertiary/aromatic N) is 1. The van der Waals surface area contributed by atoms with Crippen molar-refractivity contribution in [2.75, 3.05) is 4.90 Å². The highest BCUT2D eigenvalue weighted by atomic mass is 15.1. The van der Waals surface area contributed by atoms with Crippen LogP contribution in [0.4, 0.5) is 17.1 Å². The van der Waals surface area contributed by atoms with Crippen molar-refractivity contribution in [3.63, 3.8) is 0 Å². The zero-order chi connectivity index (χ0) is 38.4. The van der Waals surface area contributed by atoms with Gasteiger partial charge in [-0.1, -0.05) is 188 Å². The van der Waals surface area contributed by atoms with E-state index in [0.29, 0.717) is 0 Å². The molecule has 0 aromatic heterocycles. The lowest BCUT2D eigenvalue weighted by molar-refractivity contribution is 0.768. The molecule has 0 spiro atoms. The van der Waals surface area contributed by atoms with Crippen molar-refractivity contribution in [1.82, 2.24) is 0 Å². The molecule has 0 saturated heterocycles. The van der Waals surface area contributed by atoms with Gasteiger partial charge in [0, 0.05) is 17.1 Å². The van der Waals surface area contributed by atoms with Gasteiger partial charge in [0.25, 0.3) is 0 Å². The van der Waals surface area contributed by atoms with Crippen molar-refractivity contribution in [1.29, 1.82) is 0 Å². The molecule has 0 bridgehead atoms. The van der Waals surface area contributed by atoms with Gasteiger partial charge in [-0.15, -0.1) is 0 Å². The van der Waals surface area contributed by atoms with Gasteiger partial charge in [0.1, 0.15) is 0 Å². The van der Waals surface area contributed by atoms with E-state index in [1.54, 1.807) is 0 Å². The number of hydrogen-bond acceptors (Lipinski definition) is 1. The molecule has 1 nitrogen and oxygen atoms in total. The molecule has 2 aliphatic rings. The molecule has 0 heterocycles. The predicted octanol–water partition coefficient (Wildman–Crippen LogP) is 14.5. The largest absolute Gasteiger partial charge is 0.310 e. The van der Waals surface area contributed by atoms with Gasteiger partial charge in [-0.3, -0.25) is 0 Å². The first kappa shape index (κ1) is 34.5. The van der Waals surface area contributed by atoms with Crippen LogP contribution in [0.2, 0.25) is 0 Å². The van der Waals surface area contributed by atoms with E-state index in [2.05, 4.69) is 243 Å². The van der Waals surface area contributed by atoms with Gasteiger partial charge >= 0.3 is 0 Å². The highest BCUT2D eigenvalue weighted by Crippen LogP contribution is 2.57. The second kappa shape index (κ2) is 14.0. The standard InChI is InChI=1S/C56H43N/c1-3-36-55(43-20-10-5-11-21-43)39-40(2)49-34-32-47(37-53(49)55)57(46-30-28-42(29-31-46)41-18-8-4-9-19-41)48-33-35-51-50-26-16-17-27-52(50)56(54(51)38-48,44-22-12-6-13-23-44)45-24-14-7-15-25-45/h3-39H,1-2H3/b36-3+. The first-order chi connectivity index (χ1) is 28.1. The maximum absolute atomic E-state index is 2.47. The monoisotopic (exact) mass is 729 g/mol. The van der Waals surface area contributed by atoms with Crippen LogP contribution in [0, 0.1) is 0 Å². The van der Waals surface area contributed by atoms with E-state index < -0.39 is 5.41 Å². The molecule has 0 amide bonds. The smallest absolute Gasteiger partial charge is 0.0714 e. The fourth-order valence-corrected chi connectivity index (χ4v) is 9.76. The number of anilines is 3. The van der Waals surface area contributed by atoms with E-state index in [0.717, 1.165) is 17.1 Å². The second-order valence-corrected chi connectivity index (χ2v) is 15.3. The molecular weight excluding hydrogens is 687 g/mol. The molecule has 1 heteroatoms. The zero-order valence-electron chi connectivity index (χ0n) is 32.3. The third kappa shape index (κ3) is 5.46. The molecule has 272 valence electrons. The second-order valence-electron chi connectivity index (χ2n) is 15.3. The van der Waals surface area contributed by atoms with Crippen molar-refractivity contribution in [3.8, 4) is 22.3 Å². The molecule has 8 aromatic rings. The van der Waals surface area contributed by atoms with Crippen LogP contribution in [0.5, 0.6) is 0 Å². The fraction of sp³-hybridized carbons (Fsp3) is 0.0714. The Morgan fingerprint density at radius 2 is 0.877 bits per heavy atom. The average Bonchev–Trinajstić information content (AvgIpc) is 3.74. The molecule has 57 heavy (non-hydrogen) atoms. The minimum Gasteiger partial charge on any atom is -0.310 e. The molecule has 0 saturated carbocycles. The molecule has 1 unspecified atom stereocenters. The van der Waals surface area contributed by atoms with Crippen molar-refractivity contribution in [2.24, 2.45) is 0 Å². The summed E-state index contributed by atoms with van der Waals surface area (Å²) >= 11 is 0. The van der Waals surface area contributed by atoms with Crippen LogP contribution in [-0.2, 0) is 10.8 Å². The molecule has 8 aromatic carbocycles. The minimum absolute atomic E-state index is 0.371. The summed E-state index contributed by atoms with van der Waals surface area (Å²) in [7, 11) is 0. The van der Waals surface area contributed by atoms with Crippen molar-refractivity contribution in [2.45, 2.75) is 24.7 Å². The van der Waals surface area contributed by atoms with Gasteiger partial charge in [-0.2, -0.15) is 0 Å². The molecule has 0 N–H and O–H groups in total. The molecule has 2 aliphatic carbocycles. The van der Waals surface area contributed by atoms with Gasteiger partial charge in [-0.25, -0.2) is 0 Å². The highest BCUT2D eigenvalue weighted by molar-refractivity contribution is 5.90. The maximum atomic E-state index is 2.47. The van der Waals surface area contributed by atoms with Gasteiger partial charge in [0.15, 0.2) is 0 Å². The van der Waals surface area contributed by atoms with Gasteiger partial charge in [0.05, 0.1) is 10.8 Å². The van der Waals surface area contributed by atoms with Gasteiger partial charge < -0.3 is 4.90 Å². The number of fused-ring (bicyclic) bond motifs is 4. The Kier molecular flexibility index (Phi) is 8.46. The maximum Gasteiger partial charge on any atom is 0.0714 e. The molecule has 10 rings (SSSR count). The van der Waals surface area contributed by atoms with Gasteiger partial charge in [-0.05, 0) is 117 Å². The zero-order valence-corrected chi connectivity index (χ0v) is 32.3. The first-order valence-corrected chi connectivity index (χ1v) is 20.0.